The Morgan fingerprint density at radius 2 is 2.00 bits per heavy atom. The number of amides is 2. The molecule has 0 aromatic rings. The summed E-state index contributed by atoms with van der Waals surface area (Å²) < 4.78 is 0. The van der Waals surface area contributed by atoms with E-state index in [1.165, 1.54) is 0 Å². The van der Waals surface area contributed by atoms with E-state index in [-0.39, 0.29) is 0 Å². The van der Waals surface area contributed by atoms with Gasteiger partial charge in [0.05, 0.1) is 0 Å². The number of urea groups is 1. The van der Waals surface area contributed by atoms with Crippen molar-refractivity contribution in [2.45, 2.75) is 32.6 Å². The summed E-state index contributed by atoms with van der Waals surface area (Å²) in [6, 6.07) is -0.426. The minimum absolute atomic E-state index is 0.304. The van der Waals surface area contributed by atoms with Crippen LogP contribution in [-0.4, -0.2) is 35.3 Å². The fourth-order valence-electron chi connectivity index (χ4n) is 1.00. The predicted molar refractivity (Wildman–Crippen MR) is 56.8 cm³/mol. The highest BCUT2D eigenvalue weighted by Gasteiger charge is 2.05. The van der Waals surface area contributed by atoms with Crippen LogP contribution in [0.1, 0.15) is 32.6 Å². The lowest BCUT2D eigenvalue weighted by molar-refractivity contribution is -0.0384. The molecule has 0 aliphatic rings. The van der Waals surface area contributed by atoms with Crippen molar-refractivity contribution in [2.24, 2.45) is 0 Å². The monoisotopic (exact) mass is 222 g/mol. The van der Waals surface area contributed by atoms with E-state index in [4.69, 9.17) is 16.8 Å². The molecule has 0 rings (SSSR count). The van der Waals surface area contributed by atoms with E-state index < -0.39 is 6.03 Å². The van der Waals surface area contributed by atoms with Crippen LogP contribution >= 0.6 is 11.6 Å². The quantitative estimate of drug-likeness (QED) is 0.300. The molecule has 0 bridgehead atoms. The summed E-state index contributed by atoms with van der Waals surface area (Å²) in [5, 5.41) is 12.3. The zero-order valence-corrected chi connectivity index (χ0v) is 9.39. The minimum Gasteiger partial charge on any atom is -0.336 e. The SMILES string of the molecule is CCN(O)C(=O)NCCCCCCCl. The van der Waals surface area contributed by atoms with Crippen LogP contribution in [0.5, 0.6) is 0 Å². The zero-order valence-electron chi connectivity index (χ0n) is 8.63. The van der Waals surface area contributed by atoms with Crippen molar-refractivity contribution in [1.82, 2.24) is 10.4 Å². The molecule has 0 heterocycles. The molecule has 0 aromatic carbocycles. The third-order valence-electron chi connectivity index (χ3n) is 1.87. The van der Waals surface area contributed by atoms with E-state index in [0.29, 0.717) is 24.0 Å². The third-order valence-corrected chi connectivity index (χ3v) is 2.14. The van der Waals surface area contributed by atoms with Gasteiger partial charge in [0, 0.05) is 19.0 Å². The molecule has 14 heavy (non-hydrogen) atoms. The molecular formula is C9H19ClN2O2. The highest BCUT2D eigenvalue weighted by atomic mass is 35.5. The predicted octanol–water partition coefficient (Wildman–Crippen LogP) is 2.21. The first kappa shape index (κ1) is 13.5. The van der Waals surface area contributed by atoms with Crippen molar-refractivity contribution in [3.05, 3.63) is 0 Å². The van der Waals surface area contributed by atoms with E-state index in [1.807, 2.05) is 0 Å². The maximum Gasteiger partial charge on any atom is 0.341 e. The number of hydrogen-bond donors (Lipinski definition) is 2. The van der Waals surface area contributed by atoms with Crippen molar-refractivity contribution in [1.29, 1.82) is 0 Å². The summed E-state index contributed by atoms with van der Waals surface area (Å²) in [5.41, 5.74) is 0. The lowest BCUT2D eigenvalue weighted by Crippen LogP contribution is -2.37. The van der Waals surface area contributed by atoms with Crippen LogP contribution in [0.25, 0.3) is 0 Å². The Morgan fingerprint density at radius 1 is 1.36 bits per heavy atom. The summed E-state index contributed by atoms with van der Waals surface area (Å²) in [7, 11) is 0. The molecule has 2 N–H and O–H groups in total. The molecule has 0 spiro atoms. The summed E-state index contributed by atoms with van der Waals surface area (Å²) in [4.78, 5) is 11.0. The van der Waals surface area contributed by atoms with Crippen LogP contribution in [-0.2, 0) is 0 Å². The number of rotatable bonds is 7. The normalized spacial score (nSPS) is 9.93. The molecule has 0 aliphatic heterocycles. The van der Waals surface area contributed by atoms with E-state index >= 15 is 0 Å². The van der Waals surface area contributed by atoms with Crippen LogP contribution in [0, 0.1) is 0 Å². The first-order valence-corrected chi connectivity index (χ1v) is 5.56. The van der Waals surface area contributed by atoms with E-state index in [1.54, 1.807) is 6.92 Å². The average Bonchev–Trinajstić information content (AvgIpc) is 2.21. The Bertz CT molecular complexity index is 156. The number of unbranched alkanes of at least 4 members (excludes halogenated alkanes) is 3. The minimum atomic E-state index is -0.426. The Hall–Kier alpha value is -0.480. The van der Waals surface area contributed by atoms with Crippen LogP contribution in [0.4, 0.5) is 4.79 Å². The number of carbonyl (C=O) groups is 1. The van der Waals surface area contributed by atoms with Crippen molar-refractivity contribution in [3.63, 3.8) is 0 Å². The Morgan fingerprint density at radius 3 is 2.57 bits per heavy atom. The van der Waals surface area contributed by atoms with Gasteiger partial charge < -0.3 is 5.32 Å². The van der Waals surface area contributed by atoms with Gasteiger partial charge in [-0.15, -0.1) is 11.6 Å². The van der Waals surface area contributed by atoms with Crippen LogP contribution in [0.3, 0.4) is 0 Å². The highest BCUT2D eigenvalue weighted by Crippen LogP contribution is 1.99. The molecule has 0 radical (unpaired) electrons. The molecule has 0 aliphatic carbocycles. The third kappa shape index (κ3) is 6.97. The number of carbonyl (C=O) groups excluding carboxylic acids is 1. The van der Waals surface area contributed by atoms with E-state index in [0.717, 1.165) is 25.7 Å². The van der Waals surface area contributed by atoms with Gasteiger partial charge in [-0.05, 0) is 19.8 Å². The van der Waals surface area contributed by atoms with E-state index in [9.17, 15) is 4.79 Å². The second-order valence-corrected chi connectivity index (χ2v) is 3.43. The van der Waals surface area contributed by atoms with Gasteiger partial charge in [0.15, 0.2) is 0 Å². The maximum atomic E-state index is 11.0. The fraction of sp³-hybridized carbons (Fsp3) is 0.889. The maximum absolute atomic E-state index is 11.0. The largest absolute Gasteiger partial charge is 0.341 e. The molecule has 0 saturated carbocycles. The molecule has 2 amide bonds. The Kier molecular flexibility index (Phi) is 8.78. The van der Waals surface area contributed by atoms with Crippen LogP contribution in [0.15, 0.2) is 0 Å². The summed E-state index contributed by atoms with van der Waals surface area (Å²) in [6.07, 6.45) is 4.11. The number of nitrogens with one attached hydrogen (secondary N) is 1. The summed E-state index contributed by atoms with van der Waals surface area (Å²) in [5.74, 6) is 0.701. The van der Waals surface area contributed by atoms with Gasteiger partial charge in [-0.1, -0.05) is 12.8 Å². The number of hydrogen-bond acceptors (Lipinski definition) is 2. The van der Waals surface area contributed by atoms with Crippen molar-refractivity contribution < 1.29 is 10.0 Å². The number of halogens is 1. The summed E-state index contributed by atoms with van der Waals surface area (Å²) >= 11 is 5.52. The van der Waals surface area contributed by atoms with Gasteiger partial charge in [-0.2, -0.15) is 0 Å². The second-order valence-electron chi connectivity index (χ2n) is 3.05. The Balaban J connectivity index is 3.23. The topological polar surface area (TPSA) is 52.6 Å². The molecule has 0 saturated heterocycles. The molecule has 84 valence electrons. The molecule has 5 heteroatoms. The second kappa shape index (κ2) is 9.09. The standard InChI is InChI=1S/C9H19ClN2O2/c1-2-12(14)9(13)11-8-6-4-3-5-7-10/h14H,2-8H2,1H3,(H,11,13). The summed E-state index contributed by atoms with van der Waals surface area (Å²) in [6.45, 7) is 2.62. The van der Waals surface area contributed by atoms with Gasteiger partial charge >= 0.3 is 6.03 Å². The fourth-order valence-corrected chi connectivity index (χ4v) is 1.19. The van der Waals surface area contributed by atoms with Crippen LogP contribution in [0.2, 0.25) is 0 Å². The van der Waals surface area contributed by atoms with Crippen molar-refractivity contribution in [2.75, 3.05) is 19.0 Å². The van der Waals surface area contributed by atoms with Gasteiger partial charge in [0.2, 0.25) is 0 Å². The highest BCUT2D eigenvalue weighted by molar-refractivity contribution is 6.17. The first-order valence-electron chi connectivity index (χ1n) is 5.02. The molecule has 0 atom stereocenters. The number of hydroxylamine groups is 2. The van der Waals surface area contributed by atoms with Crippen LogP contribution < -0.4 is 5.32 Å². The molecule has 0 fully saturated rings. The zero-order chi connectivity index (χ0) is 10.8. The van der Waals surface area contributed by atoms with Crippen molar-refractivity contribution in [3.8, 4) is 0 Å². The lowest BCUT2D eigenvalue weighted by Gasteiger charge is -2.12. The molecular weight excluding hydrogens is 204 g/mol. The van der Waals surface area contributed by atoms with Crippen molar-refractivity contribution >= 4 is 17.6 Å². The molecule has 0 aromatic heterocycles. The lowest BCUT2D eigenvalue weighted by atomic mass is 10.2. The molecule has 0 unspecified atom stereocenters. The average molecular weight is 223 g/mol. The van der Waals surface area contributed by atoms with E-state index in [2.05, 4.69) is 5.32 Å². The first-order chi connectivity index (χ1) is 6.72. The number of alkyl halides is 1. The number of nitrogens with zero attached hydrogens (tertiary/aromatic N) is 1. The molecule has 4 nitrogen and oxygen atoms in total. The van der Waals surface area contributed by atoms with Gasteiger partial charge in [0.25, 0.3) is 0 Å². The van der Waals surface area contributed by atoms with Gasteiger partial charge in [0.1, 0.15) is 0 Å². The van der Waals surface area contributed by atoms with Gasteiger partial charge in [-0.25, -0.2) is 9.86 Å². The van der Waals surface area contributed by atoms with Gasteiger partial charge in [-0.3, -0.25) is 5.21 Å². The smallest absolute Gasteiger partial charge is 0.336 e. The Labute approximate surface area is 90.2 Å².